The molecule has 2 rings (SSSR count). The van der Waals surface area contributed by atoms with Crippen molar-refractivity contribution >= 4 is 29.9 Å². The Bertz CT molecular complexity index is 583. The van der Waals surface area contributed by atoms with Crippen LogP contribution in [-0.4, -0.2) is 38.6 Å². The van der Waals surface area contributed by atoms with Crippen LogP contribution in [0.5, 0.6) is 11.5 Å². The van der Waals surface area contributed by atoms with E-state index in [2.05, 4.69) is 15.6 Å². The molecular weight excluding hydrogens is 462 g/mol. The molecule has 0 amide bonds. The highest BCUT2D eigenvalue weighted by molar-refractivity contribution is 14.0. The van der Waals surface area contributed by atoms with Crippen LogP contribution >= 0.6 is 24.0 Å². The number of hydrogen-bond acceptors (Lipinski definition) is 3. The Morgan fingerprint density at radius 3 is 2.65 bits per heavy atom. The standard InChI is InChI=1S/C17H24F3N3O2.HI/c1-2-21-16(22-9-4-3-8-17(18,19)20)23-10-7-13-5-6-14-15(11-13)25-12-24-14;/h5-6,11H,2-4,7-10,12H2,1H3,(H2,21,22,23);1H. The number of ether oxygens (including phenoxy) is 2. The average Bonchev–Trinajstić information content (AvgIpc) is 3.01. The van der Waals surface area contributed by atoms with Crippen molar-refractivity contribution in [1.82, 2.24) is 10.6 Å². The van der Waals surface area contributed by atoms with Gasteiger partial charge in [-0.05, 0) is 43.9 Å². The minimum atomic E-state index is -4.09. The van der Waals surface area contributed by atoms with E-state index in [9.17, 15) is 13.2 Å². The Labute approximate surface area is 168 Å². The van der Waals surface area contributed by atoms with Gasteiger partial charge >= 0.3 is 6.18 Å². The zero-order valence-electron chi connectivity index (χ0n) is 14.7. The lowest BCUT2D eigenvalue weighted by Gasteiger charge is -2.11. The molecule has 1 aromatic rings. The third kappa shape index (κ3) is 8.33. The van der Waals surface area contributed by atoms with E-state index in [1.165, 1.54) is 0 Å². The van der Waals surface area contributed by atoms with E-state index >= 15 is 0 Å². The monoisotopic (exact) mass is 487 g/mol. The van der Waals surface area contributed by atoms with Crippen molar-refractivity contribution < 1.29 is 22.6 Å². The predicted octanol–water partition coefficient (Wildman–Crippen LogP) is 3.86. The highest BCUT2D eigenvalue weighted by atomic mass is 127. The second-order valence-corrected chi connectivity index (χ2v) is 5.70. The Kier molecular flexibility index (Phi) is 9.89. The van der Waals surface area contributed by atoms with Gasteiger partial charge in [-0.3, -0.25) is 4.99 Å². The van der Waals surface area contributed by atoms with Crippen molar-refractivity contribution in [2.45, 2.75) is 38.8 Å². The van der Waals surface area contributed by atoms with Crippen molar-refractivity contribution in [2.24, 2.45) is 4.99 Å². The van der Waals surface area contributed by atoms with E-state index in [1.807, 2.05) is 25.1 Å². The van der Waals surface area contributed by atoms with Crippen LogP contribution in [0.15, 0.2) is 23.2 Å². The van der Waals surface area contributed by atoms with E-state index in [-0.39, 0.29) is 37.2 Å². The second-order valence-electron chi connectivity index (χ2n) is 5.70. The van der Waals surface area contributed by atoms with Crippen molar-refractivity contribution in [2.75, 3.05) is 26.4 Å². The van der Waals surface area contributed by atoms with Gasteiger partial charge in [0.05, 0.1) is 0 Å². The van der Waals surface area contributed by atoms with Crippen LogP contribution < -0.4 is 20.1 Å². The third-order valence-electron chi connectivity index (χ3n) is 3.63. The van der Waals surface area contributed by atoms with E-state index < -0.39 is 12.6 Å². The number of nitrogens with one attached hydrogen (secondary N) is 2. The van der Waals surface area contributed by atoms with Crippen LogP contribution in [0.3, 0.4) is 0 Å². The molecule has 2 N–H and O–H groups in total. The number of hydrogen-bond donors (Lipinski definition) is 2. The van der Waals surface area contributed by atoms with E-state index in [4.69, 9.17) is 9.47 Å². The van der Waals surface area contributed by atoms with Crippen LogP contribution in [-0.2, 0) is 6.42 Å². The van der Waals surface area contributed by atoms with E-state index in [0.717, 1.165) is 23.5 Å². The third-order valence-corrected chi connectivity index (χ3v) is 3.63. The predicted molar refractivity (Wildman–Crippen MR) is 106 cm³/mol. The summed E-state index contributed by atoms with van der Waals surface area (Å²) in [6, 6.07) is 5.82. The molecule has 5 nitrogen and oxygen atoms in total. The summed E-state index contributed by atoms with van der Waals surface area (Å²) in [7, 11) is 0. The lowest BCUT2D eigenvalue weighted by atomic mass is 10.1. The number of rotatable bonds is 8. The lowest BCUT2D eigenvalue weighted by Crippen LogP contribution is -2.38. The fourth-order valence-electron chi connectivity index (χ4n) is 2.39. The summed E-state index contributed by atoms with van der Waals surface area (Å²) in [5, 5.41) is 6.28. The van der Waals surface area contributed by atoms with Crippen molar-refractivity contribution in [3.05, 3.63) is 23.8 Å². The first-order valence-electron chi connectivity index (χ1n) is 8.45. The Hall–Kier alpha value is -1.39. The summed E-state index contributed by atoms with van der Waals surface area (Å²) in [4.78, 5) is 4.30. The molecule has 1 aliphatic heterocycles. The molecule has 1 aliphatic rings. The average molecular weight is 487 g/mol. The summed E-state index contributed by atoms with van der Waals surface area (Å²) in [5.41, 5.74) is 1.11. The van der Waals surface area contributed by atoms with Crippen LogP contribution in [0.1, 0.15) is 31.7 Å². The van der Waals surface area contributed by atoms with Gasteiger partial charge in [-0.2, -0.15) is 13.2 Å². The lowest BCUT2D eigenvalue weighted by molar-refractivity contribution is -0.135. The van der Waals surface area contributed by atoms with Crippen LogP contribution in [0, 0.1) is 0 Å². The normalized spacial score (nSPS) is 13.3. The molecule has 0 saturated heterocycles. The van der Waals surface area contributed by atoms with E-state index in [1.54, 1.807) is 0 Å². The molecule has 26 heavy (non-hydrogen) atoms. The first kappa shape index (κ1) is 22.7. The first-order chi connectivity index (χ1) is 12.0. The fourth-order valence-corrected chi connectivity index (χ4v) is 2.39. The molecule has 0 aromatic heterocycles. The van der Waals surface area contributed by atoms with Gasteiger partial charge in [0.2, 0.25) is 6.79 Å². The molecule has 0 atom stereocenters. The quantitative estimate of drug-likeness (QED) is 0.253. The summed E-state index contributed by atoms with van der Waals surface area (Å²) in [6.45, 7) is 3.92. The largest absolute Gasteiger partial charge is 0.454 e. The number of nitrogens with zero attached hydrogens (tertiary/aromatic N) is 1. The molecule has 9 heteroatoms. The molecule has 0 bridgehead atoms. The molecule has 148 valence electrons. The summed E-state index contributed by atoms with van der Waals surface area (Å²) in [5.74, 6) is 2.13. The van der Waals surface area contributed by atoms with Crippen molar-refractivity contribution in [1.29, 1.82) is 0 Å². The number of unbranched alkanes of at least 4 members (excludes halogenated alkanes) is 1. The minimum Gasteiger partial charge on any atom is -0.454 e. The fraction of sp³-hybridized carbons (Fsp3) is 0.588. The molecule has 0 fully saturated rings. The molecule has 0 aliphatic carbocycles. The number of fused-ring (bicyclic) bond motifs is 1. The van der Waals surface area contributed by atoms with Gasteiger partial charge in [-0.25, -0.2) is 0 Å². The summed E-state index contributed by atoms with van der Waals surface area (Å²) in [6.07, 6.45) is -3.55. The van der Waals surface area contributed by atoms with Gasteiger partial charge in [-0.15, -0.1) is 24.0 Å². The van der Waals surface area contributed by atoms with Crippen LogP contribution in [0.4, 0.5) is 13.2 Å². The number of alkyl halides is 3. The highest BCUT2D eigenvalue weighted by Gasteiger charge is 2.25. The smallest absolute Gasteiger partial charge is 0.389 e. The topological polar surface area (TPSA) is 54.9 Å². The zero-order chi connectivity index (χ0) is 18.1. The van der Waals surface area contributed by atoms with Crippen molar-refractivity contribution in [3.8, 4) is 11.5 Å². The Morgan fingerprint density at radius 2 is 1.92 bits per heavy atom. The zero-order valence-corrected chi connectivity index (χ0v) is 17.0. The minimum absolute atomic E-state index is 0. The van der Waals surface area contributed by atoms with Gasteiger partial charge in [0, 0.05) is 26.1 Å². The van der Waals surface area contributed by atoms with E-state index in [0.29, 0.717) is 32.0 Å². The van der Waals surface area contributed by atoms with Crippen molar-refractivity contribution in [3.63, 3.8) is 0 Å². The molecule has 1 heterocycles. The molecule has 0 unspecified atom stereocenters. The molecular formula is C17H25F3IN3O2. The highest BCUT2D eigenvalue weighted by Crippen LogP contribution is 2.32. The number of halogens is 4. The molecule has 0 radical (unpaired) electrons. The Balaban J connectivity index is 0.00000338. The summed E-state index contributed by atoms with van der Waals surface area (Å²) < 4.78 is 46.9. The first-order valence-corrected chi connectivity index (χ1v) is 8.45. The molecule has 0 spiro atoms. The maximum absolute atomic E-state index is 12.1. The van der Waals surface area contributed by atoms with Gasteiger partial charge < -0.3 is 20.1 Å². The van der Waals surface area contributed by atoms with Gasteiger partial charge in [-0.1, -0.05) is 6.07 Å². The molecule has 0 saturated carbocycles. The maximum Gasteiger partial charge on any atom is 0.389 e. The Morgan fingerprint density at radius 1 is 1.15 bits per heavy atom. The maximum atomic E-state index is 12.1. The SMILES string of the molecule is CCNC(=NCCCCC(F)(F)F)NCCc1ccc2c(c1)OCO2.I. The van der Waals surface area contributed by atoms with Gasteiger partial charge in [0.1, 0.15) is 0 Å². The number of guanidine groups is 1. The molecule has 1 aromatic carbocycles. The van der Waals surface area contributed by atoms with Gasteiger partial charge in [0.15, 0.2) is 17.5 Å². The van der Waals surface area contributed by atoms with Crippen LogP contribution in [0.25, 0.3) is 0 Å². The summed E-state index contributed by atoms with van der Waals surface area (Å²) >= 11 is 0. The van der Waals surface area contributed by atoms with Crippen LogP contribution in [0.2, 0.25) is 0 Å². The number of aliphatic imine (C=N–C) groups is 1. The second kappa shape index (κ2) is 11.3. The number of benzene rings is 1. The van der Waals surface area contributed by atoms with Gasteiger partial charge in [0.25, 0.3) is 0 Å².